The molecule has 0 bridgehead atoms. The second-order valence-corrected chi connectivity index (χ2v) is 5.63. The van der Waals surface area contributed by atoms with Crippen LogP contribution in [0, 0.1) is 5.41 Å². The highest BCUT2D eigenvalue weighted by Gasteiger charge is 2.01. The van der Waals surface area contributed by atoms with Crippen LogP contribution in [0.4, 0.5) is 0 Å². The quantitative estimate of drug-likeness (QED) is 0.515. The van der Waals surface area contributed by atoms with Crippen LogP contribution in [0.2, 0.25) is 0 Å². The summed E-state index contributed by atoms with van der Waals surface area (Å²) >= 11 is 5.02. The van der Waals surface area contributed by atoms with Crippen molar-refractivity contribution in [1.29, 1.82) is 5.41 Å². The van der Waals surface area contributed by atoms with Crippen LogP contribution in [0.1, 0.15) is 11.1 Å². The molecule has 1 heterocycles. The van der Waals surface area contributed by atoms with Crippen molar-refractivity contribution in [1.82, 2.24) is 4.98 Å². The number of thioether (sulfide) groups is 1. The van der Waals surface area contributed by atoms with Gasteiger partial charge in [-0.1, -0.05) is 18.2 Å². The molecule has 0 amide bonds. The number of nitrogens with zero attached hydrogens (tertiary/aromatic N) is 1. The van der Waals surface area contributed by atoms with E-state index in [9.17, 15) is 0 Å². The molecule has 0 aliphatic carbocycles. The lowest BCUT2D eigenvalue weighted by molar-refractivity contribution is 1.12. The molecule has 0 unspecified atom stereocenters. The molecule has 18 heavy (non-hydrogen) atoms. The lowest BCUT2D eigenvalue weighted by atomic mass is 10.1. The van der Waals surface area contributed by atoms with Gasteiger partial charge in [0.1, 0.15) is 5.84 Å². The van der Waals surface area contributed by atoms with E-state index >= 15 is 0 Å². The smallest absolute Gasteiger partial charge is 0.122 e. The predicted octanol–water partition coefficient (Wildman–Crippen LogP) is 3.42. The van der Waals surface area contributed by atoms with Gasteiger partial charge >= 0.3 is 0 Å². The minimum atomic E-state index is 0.101. The van der Waals surface area contributed by atoms with Crippen molar-refractivity contribution in [2.75, 3.05) is 0 Å². The number of pyridine rings is 1. The normalized spacial score (nSPS) is 10.3. The Bertz CT molecular complexity index is 554. The van der Waals surface area contributed by atoms with E-state index in [1.54, 1.807) is 18.0 Å². The largest absolute Gasteiger partial charge is 0.384 e. The van der Waals surface area contributed by atoms with Gasteiger partial charge in [-0.15, -0.1) is 11.8 Å². The lowest BCUT2D eigenvalue weighted by Gasteiger charge is -2.04. The molecule has 0 saturated carbocycles. The first-order valence-electron chi connectivity index (χ1n) is 5.33. The first-order chi connectivity index (χ1) is 8.65. The van der Waals surface area contributed by atoms with Gasteiger partial charge in [-0.25, -0.2) is 4.98 Å². The van der Waals surface area contributed by atoms with E-state index in [4.69, 9.17) is 11.1 Å². The molecule has 3 nitrogen and oxygen atoms in total. The molecule has 5 heteroatoms. The van der Waals surface area contributed by atoms with Crippen LogP contribution in [0.5, 0.6) is 0 Å². The van der Waals surface area contributed by atoms with Gasteiger partial charge in [0.25, 0.3) is 0 Å². The van der Waals surface area contributed by atoms with Gasteiger partial charge in [0, 0.05) is 22.0 Å². The average molecular weight is 322 g/mol. The Labute approximate surface area is 118 Å². The van der Waals surface area contributed by atoms with E-state index in [-0.39, 0.29) is 5.84 Å². The SMILES string of the molecule is N=C(N)c1cccc(CSc2ccc(Br)cn2)c1. The summed E-state index contributed by atoms with van der Waals surface area (Å²) in [6.45, 7) is 0. The molecule has 0 aliphatic heterocycles. The highest BCUT2D eigenvalue weighted by Crippen LogP contribution is 2.22. The van der Waals surface area contributed by atoms with Crippen LogP contribution in [0.3, 0.4) is 0 Å². The van der Waals surface area contributed by atoms with Crippen molar-refractivity contribution in [2.24, 2.45) is 5.73 Å². The van der Waals surface area contributed by atoms with E-state index in [1.807, 2.05) is 36.4 Å². The number of hydrogen-bond donors (Lipinski definition) is 2. The topological polar surface area (TPSA) is 62.8 Å². The summed E-state index contributed by atoms with van der Waals surface area (Å²) < 4.78 is 0.977. The molecule has 0 spiro atoms. The molecule has 2 rings (SSSR count). The molecule has 0 atom stereocenters. The van der Waals surface area contributed by atoms with E-state index in [0.717, 1.165) is 26.4 Å². The standard InChI is InChI=1S/C13H12BrN3S/c14-11-4-5-12(17-7-11)18-8-9-2-1-3-10(6-9)13(15)16/h1-7H,8H2,(H3,15,16). The second kappa shape index (κ2) is 6.02. The third-order valence-corrected chi connectivity index (χ3v) is 3.81. The summed E-state index contributed by atoms with van der Waals surface area (Å²) in [6.07, 6.45) is 1.79. The summed E-state index contributed by atoms with van der Waals surface area (Å²) in [5, 5.41) is 8.38. The fourth-order valence-corrected chi connectivity index (χ4v) is 2.45. The predicted molar refractivity (Wildman–Crippen MR) is 79.0 cm³/mol. The van der Waals surface area contributed by atoms with Crippen LogP contribution in [-0.4, -0.2) is 10.8 Å². The summed E-state index contributed by atoms with van der Waals surface area (Å²) in [5.41, 5.74) is 7.36. The summed E-state index contributed by atoms with van der Waals surface area (Å²) in [7, 11) is 0. The highest BCUT2D eigenvalue weighted by atomic mass is 79.9. The van der Waals surface area contributed by atoms with E-state index < -0.39 is 0 Å². The number of halogens is 1. The first kappa shape index (κ1) is 13.1. The Hall–Kier alpha value is -1.33. The summed E-state index contributed by atoms with van der Waals surface area (Å²) in [6, 6.07) is 11.7. The summed E-state index contributed by atoms with van der Waals surface area (Å²) in [4.78, 5) is 4.30. The number of rotatable bonds is 4. The number of nitrogen functional groups attached to an aromatic ring is 1. The molecular formula is C13H12BrN3S. The zero-order valence-corrected chi connectivity index (χ0v) is 12.0. The van der Waals surface area contributed by atoms with Crippen LogP contribution in [0.15, 0.2) is 52.1 Å². The van der Waals surface area contributed by atoms with Gasteiger partial charge in [-0.2, -0.15) is 0 Å². The number of nitrogens with one attached hydrogen (secondary N) is 1. The second-order valence-electron chi connectivity index (χ2n) is 3.72. The maximum atomic E-state index is 7.41. The van der Waals surface area contributed by atoms with Gasteiger partial charge in [0.05, 0.1) is 5.03 Å². The number of hydrogen-bond acceptors (Lipinski definition) is 3. The molecule has 0 aliphatic rings. The molecule has 92 valence electrons. The van der Waals surface area contributed by atoms with Gasteiger partial charge in [0.2, 0.25) is 0 Å². The third kappa shape index (κ3) is 3.58. The minimum absolute atomic E-state index is 0.101. The van der Waals surface area contributed by atoms with Gasteiger partial charge in [-0.05, 0) is 39.7 Å². The van der Waals surface area contributed by atoms with E-state index in [2.05, 4.69) is 20.9 Å². The fourth-order valence-electron chi connectivity index (χ4n) is 1.43. The molecule has 0 fully saturated rings. The van der Waals surface area contributed by atoms with Crippen LogP contribution < -0.4 is 5.73 Å². The van der Waals surface area contributed by atoms with Gasteiger partial charge in [-0.3, -0.25) is 5.41 Å². The maximum absolute atomic E-state index is 7.41. The van der Waals surface area contributed by atoms with Crippen molar-refractivity contribution in [2.45, 2.75) is 10.8 Å². The first-order valence-corrected chi connectivity index (χ1v) is 7.11. The number of benzene rings is 1. The van der Waals surface area contributed by atoms with Crippen molar-refractivity contribution >= 4 is 33.5 Å². The van der Waals surface area contributed by atoms with Crippen molar-refractivity contribution in [3.8, 4) is 0 Å². The Morgan fingerprint density at radius 2 is 2.17 bits per heavy atom. The van der Waals surface area contributed by atoms with Gasteiger partial charge in [0.15, 0.2) is 0 Å². The van der Waals surface area contributed by atoms with Crippen molar-refractivity contribution < 1.29 is 0 Å². The number of nitrogens with two attached hydrogens (primary N) is 1. The van der Waals surface area contributed by atoms with Crippen LogP contribution in [-0.2, 0) is 5.75 Å². The summed E-state index contributed by atoms with van der Waals surface area (Å²) in [5.74, 6) is 0.916. The Morgan fingerprint density at radius 1 is 1.33 bits per heavy atom. The monoisotopic (exact) mass is 321 g/mol. The molecule has 2 aromatic rings. The lowest BCUT2D eigenvalue weighted by Crippen LogP contribution is -2.10. The molecule has 3 N–H and O–H groups in total. The zero-order chi connectivity index (χ0) is 13.0. The average Bonchev–Trinajstić information content (AvgIpc) is 2.38. The minimum Gasteiger partial charge on any atom is -0.384 e. The molecule has 1 aromatic carbocycles. The van der Waals surface area contributed by atoms with Crippen LogP contribution in [0.25, 0.3) is 0 Å². The highest BCUT2D eigenvalue weighted by molar-refractivity contribution is 9.10. The number of aromatic nitrogens is 1. The van der Waals surface area contributed by atoms with Crippen molar-refractivity contribution in [3.05, 3.63) is 58.2 Å². The van der Waals surface area contributed by atoms with Crippen LogP contribution >= 0.6 is 27.7 Å². The van der Waals surface area contributed by atoms with E-state index in [0.29, 0.717) is 0 Å². The zero-order valence-electron chi connectivity index (χ0n) is 9.56. The molecule has 0 saturated heterocycles. The fraction of sp³-hybridized carbons (Fsp3) is 0.0769. The Balaban J connectivity index is 2.04. The third-order valence-electron chi connectivity index (χ3n) is 2.32. The Morgan fingerprint density at radius 3 is 2.83 bits per heavy atom. The molecule has 0 radical (unpaired) electrons. The maximum Gasteiger partial charge on any atom is 0.122 e. The molecular weight excluding hydrogens is 310 g/mol. The number of amidine groups is 1. The van der Waals surface area contributed by atoms with E-state index in [1.165, 1.54) is 0 Å². The Kier molecular flexibility index (Phi) is 4.38. The van der Waals surface area contributed by atoms with Crippen molar-refractivity contribution in [3.63, 3.8) is 0 Å². The van der Waals surface area contributed by atoms with Gasteiger partial charge < -0.3 is 5.73 Å². The molecule has 1 aromatic heterocycles.